The Balaban J connectivity index is 3.69. The zero-order chi connectivity index (χ0) is 13.2. The monoisotopic (exact) mass is 261 g/mol. The Labute approximate surface area is 97.6 Å². The molecule has 0 aliphatic heterocycles. The fourth-order valence-electron chi connectivity index (χ4n) is 1.14. The van der Waals surface area contributed by atoms with E-state index in [0.29, 0.717) is 6.20 Å². The van der Waals surface area contributed by atoms with Gasteiger partial charge in [-0.15, -0.1) is 0 Å². The van der Waals surface area contributed by atoms with Crippen LogP contribution in [0.5, 0.6) is 0 Å². The second kappa shape index (κ2) is 4.80. The Hall–Kier alpha value is -2.14. The van der Waals surface area contributed by atoms with E-state index in [2.05, 4.69) is 4.98 Å². The molecule has 0 spiro atoms. The maximum atomic E-state index is 12.5. The van der Waals surface area contributed by atoms with Crippen molar-refractivity contribution >= 4 is 22.7 Å². The van der Waals surface area contributed by atoms with Crippen LogP contribution < -0.4 is 0 Å². The lowest BCUT2D eigenvalue weighted by Gasteiger charge is -2.04. The standard InChI is InChI=1S/C8H2ClF2N3O3/c9-6(15)5-3(1-12)8(14(16)17)13-2-4(5)7(10)11/h2,7H. The van der Waals surface area contributed by atoms with Crippen molar-refractivity contribution in [2.45, 2.75) is 6.43 Å². The first-order valence-corrected chi connectivity index (χ1v) is 4.33. The highest BCUT2D eigenvalue weighted by molar-refractivity contribution is 6.68. The molecule has 17 heavy (non-hydrogen) atoms. The van der Waals surface area contributed by atoms with Gasteiger partial charge in [0, 0.05) is 0 Å². The number of rotatable bonds is 3. The molecule has 0 unspecified atom stereocenters. The lowest BCUT2D eigenvalue weighted by Crippen LogP contribution is -2.07. The second-order valence-corrected chi connectivity index (χ2v) is 3.07. The summed E-state index contributed by atoms with van der Waals surface area (Å²) >= 11 is 5.04. The number of pyridine rings is 1. The van der Waals surface area contributed by atoms with Gasteiger partial charge in [0.2, 0.25) is 0 Å². The van der Waals surface area contributed by atoms with Gasteiger partial charge in [0.1, 0.15) is 12.3 Å². The smallest absolute Gasteiger partial charge is 0.358 e. The van der Waals surface area contributed by atoms with E-state index >= 15 is 0 Å². The average Bonchev–Trinajstić information content (AvgIpc) is 2.26. The highest BCUT2D eigenvalue weighted by Gasteiger charge is 2.30. The number of nitro groups is 1. The van der Waals surface area contributed by atoms with Crippen LogP contribution in [-0.2, 0) is 0 Å². The molecule has 6 nitrogen and oxygen atoms in total. The molecule has 0 atom stereocenters. The van der Waals surface area contributed by atoms with Gasteiger partial charge in [0.25, 0.3) is 11.7 Å². The van der Waals surface area contributed by atoms with E-state index in [1.807, 2.05) is 0 Å². The predicted octanol–water partition coefficient (Wildman–Crippen LogP) is 2.18. The van der Waals surface area contributed by atoms with Gasteiger partial charge in [-0.2, -0.15) is 5.26 Å². The summed E-state index contributed by atoms with van der Waals surface area (Å²) in [5, 5.41) is 17.8. The van der Waals surface area contributed by atoms with E-state index in [4.69, 9.17) is 16.9 Å². The Bertz CT molecular complexity index is 542. The van der Waals surface area contributed by atoms with Crippen molar-refractivity contribution < 1.29 is 18.5 Å². The number of carbonyl (C=O) groups excluding carboxylic acids is 1. The minimum absolute atomic E-state index is 0.458. The number of alkyl halides is 2. The van der Waals surface area contributed by atoms with Crippen molar-refractivity contribution in [2.24, 2.45) is 0 Å². The number of hydrogen-bond donors (Lipinski definition) is 0. The SMILES string of the molecule is N#Cc1c([N+](=O)[O-])ncc(C(F)F)c1C(=O)Cl. The van der Waals surface area contributed by atoms with Gasteiger partial charge in [-0.05, 0) is 21.5 Å². The highest BCUT2D eigenvalue weighted by atomic mass is 35.5. The van der Waals surface area contributed by atoms with E-state index in [9.17, 15) is 23.7 Å². The molecule has 0 fully saturated rings. The number of nitrogens with zero attached hydrogens (tertiary/aromatic N) is 3. The molecule has 1 aromatic heterocycles. The Morgan fingerprint density at radius 1 is 1.65 bits per heavy atom. The molecule has 1 aromatic rings. The van der Waals surface area contributed by atoms with Crippen LogP contribution in [0, 0.1) is 21.4 Å². The minimum Gasteiger partial charge on any atom is -0.358 e. The summed E-state index contributed by atoms with van der Waals surface area (Å²) in [6, 6.07) is 1.28. The fraction of sp³-hybridized carbons (Fsp3) is 0.125. The normalized spacial score (nSPS) is 10.1. The maximum Gasteiger partial charge on any atom is 0.382 e. The summed E-state index contributed by atoms with van der Waals surface area (Å²) < 4.78 is 25.0. The predicted molar refractivity (Wildman–Crippen MR) is 50.7 cm³/mol. The molecule has 9 heteroatoms. The molecule has 88 valence electrons. The number of halogens is 3. The first kappa shape index (κ1) is 12.9. The quantitative estimate of drug-likeness (QED) is 0.472. The molecule has 0 saturated carbocycles. The van der Waals surface area contributed by atoms with Crippen LogP contribution in [-0.4, -0.2) is 15.1 Å². The van der Waals surface area contributed by atoms with Crippen molar-refractivity contribution in [2.75, 3.05) is 0 Å². The summed E-state index contributed by atoms with van der Waals surface area (Å²) in [6.45, 7) is 0. The third-order valence-corrected chi connectivity index (χ3v) is 1.99. The maximum absolute atomic E-state index is 12.5. The Morgan fingerprint density at radius 3 is 2.59 bits per heavy atom. The van der Waals surface area contributed by atoms with Crippen molar-refractivity contribution in [1.29, 1.82) is 5.26 Å². The van der Waals surface area contributed by atoms with E-state index in [-0.39, 0.29) is 0 Å². The van der Waals surface area contributed by atoms with E-state index in [1.165, 1.54) is 6.07 Å². The summed E-state index contributed by atoms with van der Waals surface area (Å²) in [4.78, 5) is 23.5. The zero-order valence-electron chi connectivity index (χ0n) is 7.85. The number of aromatic nitrogens is 1. The summed E-state index contributed by atoms with van der Waals surface area (Å²) in [6.07, 6.45) is -2.66. The highest BCUT2D eigenvalue weighted by Crippen LogP contribution is 2.30. The largest absolute Gasteiger partial charge is 0.382 e. The van der Waals surface area contributed by atoms with Crippen LogP contribution in [0.1, 0.15) is 27.9 Å². The Kier molecular flexibility index (Phi) is 3.65. The molecule has 0 aromatic carbocycles. The van der Waals surface area contributed by atoms with Gasteiger partial charge in [-0.1, -0.05) is 0 Å². The third-order valence-electron chi connectivity index (χ3n) is 1.80. The van der Waals surface area contributed by atoms with Gasteiger partial charge in [0.15, 0.2) is 5.56 Å². The van der Waals surface area contributed by atoms with E-state index < -0.39 is 39.1 Å². The molecule has 0 bridgehead atoms. The first-order valence-electron chi connectivity index (χ1n) is 3.95. The minimum atomic E-state index is -3.12. The first-order chi connectivity index (χ1) is 7.90. The molecule has 0 amide bonds. The topological polar surface area (TPSA) is 96.9 Å². The lowest BCUT2D eigenvalue weighted by atomic mass is 10.1. The van der Waals surface area contributed by atoms with Crippen LogP contribution in [0.3, 0.4) is 0 Å². The average molecular weight is 262 g/mol. The van der Waals surface area contributed by atoms with Crippen molar-refractivity contribution in [3.05, 3.63) is 33.0 Å². The van der Waals surface area contributed by atoms with E-state index in [1.54, 1.807) is 0 Å². The number of hydrogen-bond acceptors (Lipinski definition) is 5. The van der Waals surface area contributed by atoms with Gasteiger partial charge in [-0.3, -0.25) is 4.79 Å². The van der Waals surface area contributed by atoms with Crippen molar-refractivity contribution in [1.82, 2.24) is 4.98 Å². The Morgan fingerprint density at radius 2 is 2.24 bits per heavy atom. The van der Waals surface area contributed by atoms with Gasteiger partial charge < -0.3 is 10.1 Å². The molecular formula is C8H2ClF2N3O3. The summed E-state index contributed by atoms with van der Waals surface area (Å²) in [5.41, 5.74) is -2.66. The summed E-state index contributed by atoms with van der Waals surface area (Å²) in [7, 11) is 0. The fourth-order valence-corrected chi connectivity index (χ4v) is 1.34. The van der Waals surface area contributed by atoms with Gasteiger partial charge in [0.05, 0.1) is 11.1 Å². The second-order valence-electron chi connectivity index (χ2n) is 2.73. The molecule has 1 rings (SSSR count). The molecule has 1 heterocycles. The molecule has 0 aliphatic carbocycles. The number of carbonyl (C=O) groups is 1. The number of nitriles is 1. The third kappa shape index (κ3) is 2.34. The lowest BCUT2D eigenvalue weighted by molar-refractivity contribution is -0.389. The molecule has 0 radical (unpaired) electrons. The summed E-state index contributed by atoms with van der Waals surface area (Å²) in [5.74, 6) is -0.985. The van der Waals surface area contributed by atoms with Crippen LogP contribution in [0.2, 0.25) is 0 Å². The zero-order valence-corrected chi connectivity index (χ0v) is 8.61. The molecule has 0 N–H and O–H groups in total. The van der Waals surface area contributed by atoms with Crippen molar-refractivity contribution in [3.8, 4) is 6.07 Å². The van der Waals surface area contributed by atoms with Crippen LogP contribution in [0.15, 0.2) is 6.20 Å². The van der Waals surface area contributed by atoms with Crippen LogP contribution >= 0.6 is 11.6 Å². The molecule has 0 saturated heterocycles. The van der Waals surface area contributed by atoms with Gasteiger partial charge >= 0.3 is 5.82 Å². The van der Waals surface area contributed by atoms with Crippen LogP contribution in [0.4, 0.5) is 14.6 Å². The molecule has 0 aliphatic rings. The van der Waals surface area contributed by atoms with Gasteiger partial charge in [-0.25, -0.2) is 8.78 Å². The van der Waals surface area contributed by atoms with Crippen molar-refractivity contribution in [3.63, 3.8) is 0 Å². The van der Waals surface area contributed by atoms with Crippen LogP contribution in [0.25, 0.3) is 0 Å². The molecular weight excluding hydrogens is 260 g/mol. The van der Waals surface area contributed by atoms with E-state index in [0.717, 1.165) is 0 Å².